The Morgan fingerprint density at radius 3 is 2.48 bits per heavy atom. The van der Waals surface area contributed by atoms with Crippen LogP contribution in [0.1, 0.15) is 18.1 Å². The predicted molar refractivity (Wildman–Crippen MR) is 91.1 cm³/mol. The maximum absolute atomic E-state index is 12.8. The number of halogens is 3. The summed E-state index contributed by atoms with van der Waals surface area (Å²) in [6, 6.07) is 8.64. The zero-order valence-electron chi connectivity index (χ0n) is 13.9. The average Bonchev–Trinajstić information content (AvgIpc) is 2.59. The Kier molecular flexibility index (Phi) is 4.73. The summed E-state index contributed by atoms with van der Waals surface area (Å²) in [4.78, 5) is 10.9. The molecule has 0 atom stereocenters. The summed E-state index contributed by atoms with van der Waals surface area (Å²) in [5, 5.41) is 0.612. The minimum Gasteiger partial charge on any atom is -0.423 e. The highest BCUT2D eigenvalue weighted by Gasteiger charge is 2.32. The van der Waals surface area contributed by atoms with Crippen LogP contribution < -0.4 is 9.81 Å². The molecule has 3 aromatic rings. The molecule has 0 radical (unpaired) electrons. The van der Waals surface area contributed by atoms with Gasteiger partial charge in [-0.3, -0.25) is 0 Å². The molecule has 1 heterocycles. The Labute approximate surface area is 152 Å². The molecule has 3 rings (SSSR count). The SMILES string of the molecule is CCc1cc(=O)oc2cc(OS(=O)(=O)c3cccc(C(F)(F)F)c3)ccc12. The number of fused-ring (bicyclic) bond motifs is 1. The number of benzene rings is 2. The van der Waals surface area contributed by atoms with Crippen molar-refractivity contribution in [2.24, 2.45) is 0 Å². The quantitative estimate of drug-likeness (QED) is 0.488. The topological polar surface area (TPSA) is 73.6 Å². The molecule has 142 valence electrons. The molecule has 0 saturated carbocycles. The van der Waals surface area contributed by atoms with E-state index in [1.54, 1.807) is 0 Å². The van der Waals surface area contributed by atoms with Gasteiger partial charge in [0.15, 0.2) is 0 Å². The molecule has 0 amide bonds. The van der Waals surface area contributed by atoms with Crippen LogP contribution in [0.5, 0.6) is 5.75 Å². The lowest BCUT2D eigenvalue weighted by molar-refractivity contribution is -0.137. The Morgan fingerprint density at radius 2 is 1.81 bits per heavy atom. The zero-order chi connectivity index (χ0) is 19.8. The van der Waals surface area contributed by atoms with Crippen molar-refractivity contribution in [3.63, 3.8) is 0 Å². The number of rotatable bonds is 4. The first-order valence-electron chi connectivity index (χ1n) is 7.78. The first-order chi connectivity index (χ1) is 12.6. The van der Waals surface area contributed by atoms with Gasteiger partial charge in [-0.2, -0.15) is 21.6 Å². The average molecular weight is 398 g/mol. The third-order valence-corrected chi connectivity index (χ3v) is 5.08. The molecule has 0 aliphatic heterocycles. The van der Waals surface area contributed by atoms with Crippen LogP contribution in [0.3, 0.4) is 0 Å². The van der Waals surface area contributed by atoms with Crippen LogP contribution in [0.25, 0.3) is 11.0 Å². The van der Waals surface area contributed by atoms with Gasteiger partial charge in [-0.05, 0) is 42.3 Å². The summed E-state index contributed by atoms with van der Waals surface area (Å²) in [6.45, 7) is 1.84. The highest BCUT2D eigenvalue weighted by Crippen LogP contribution is 2.31. The fraction of sp³-hybridized carbons (Fsp3) is 0.167. The molecule has 0 unspecified atom stereocenters. The molecule has 0 saturated heterocycles. The summed E-state index contributed by atoms with van der Waals surface area (Å²) in [5.41, 5.74) is -0.869. The molecule has 0 aliphatic carbocycles. The van der Waals surface area contributed by atoms with Gasteiger partial charge in [-0.25, -0.2) is 4.79 Å². The van der Waals surface area contributed by atoms with Gasteiger partial charge in [0, 0.05) is 17.5 Å². The molecular formula is C18H13F3O5S. The Morgan fingerprint density at radius 1 is 1.07 bits per heavy atom. The molecule has 0 spiro atoms. The molecule has 1 aromatic heterocycles. The van der Waals surface area contributed by atoms with E-state index in [2.05, 4.69) is 0 Å². The Bertz CT molecular complexity index is 1160. The van der Waals surface area contributed by atoms with E-state index in [4.69, 9.17) is 8.60 Å². The normalized spacial score (nSPS) is 12.3. The smallest absolute Gasteiger partial charge is 0.416 e. The Balaban J connectivity index is 2.00. The van der Waals surface area contributed by atoms with Crippen molar-refractivity contribution in [3.8, 4) is 5.75 Å². The van der Waals surface area contributed by atoms with E-state index in [0.29, 0.717) is 23.4 Å². The van der Waals surface area contributed by atoms with Crippen LogP contribution >= 0.6 is 0 Å². The van der Waals surface area contributed by atoms with Gasteiger partial charge in [0.2, 0.25) is 0 Å². The van der Waals surface area contributed by atoms with Gasteiger partial charge in [0.25, 0.3) is 0 Å². The Hall–Kier alpha value is -2.81. The number of aryl methyl sites for hydroxylation is 1. The molecule has 0 bridgehead atoms. The maximum Gasteiger partial charge on any atom is 0.416 e. The zero-order valence-corrected chi connectivity index (χ0v) is 14.7. The first-order valence-corrected chi connectivity index (χ1v) is 9.19. The van der Waals surface area contributed by atoms with Gasteiger partial charge >= 0.3 is 21.9 Å². The van der Waals surface area contributed by atoms with Crippen LogP contribution in [-0.4, -0.2) is 8.42 Å². The van der Waals surface area contributed by atoms with Crippen LogP contribution in [-0.2, 0) is 22.7 Å². The summed E-state index contributed by atoms with van der Waals surface area (Å²) >= 11 is 0. The van der Waals surface area contributed by atoms with E-state index in [0.717, 1.165) is 18.2 Å². The standard InChI is InChI=1S/C18H13F3O5S/c1-2-11-8-17(22)25-16-10-13(6-7-15(11)16)26-27(23,24)14-5-3-4-12(9-14)18(19,20)21/h3-10H,2H2,1H3. The van der Waals surface area contributed by atoms with Gasteiger partial charge in [-0.1, -0.05) is 13.0 Å². The van der Waals surface area contributed by atoms with Crippen LogP contribution in [0, 0.1) is 0 Å². The molecule has 5 nitrogen and oxygen atoms in total. The summed E-state index contributed by atoms with van der Waals surface area (Å²) < 4.78 is 73.0. The summed E-state index contributed by atoms with van der Waals surface area (Å²) in [5.74, 6) is -0.184. The van der Waals surface area contributed by atoms with Gasteiger partial charge in [0.05, 0.1) is 5.56 Å². The third-order valence-electron chi connectivity index (χ3n) is 3.84. The lowest BCUT2D eigenvalue weighted by Crippen LogP contribution is -2.12. The summed E-state index contributed by atoms with van der Waals surface area (Å²) in [6.07, 6.45) is -4.13. The minimum atomic E-state index is -4.69. The fourth-order valence-corrected chi connectivity index (χ4v) is 3.53. The molecule has 9 heteroatoms. The van der Waals surface area contributed by atoms with E-state index >= 15 is 0 Å². The summed E-state index contributed by atoms with van der Waals surface area (Å²) in [7, 11) is -4.51. The second kappa shape index (κ2) is 6.73. The van der Waals surface area contributed by atoms with E-state index in [-0.39, 0.29) is 11.3 Å². The van der Waals surface area contributed by atoms with Crippen molar-refractivity contribution in [1.29, 1.82) is 0 Å². The van der Waals surface area contributed by atoms with Gasteiger partial charge < -0.3 is 8.60 Å². The molecule has 0 fully saturated rings. The predicted octanol–water partition coefficient (Wildman–Crippen LogP) is 4.14. The van der Waals surface area contributed by atoms with E-state index < -0.39 is 32.4 Å². The lowest BCUT2D eigenvalue weighted by atomic mass is 10.1. The lowest BCUT2D eigenvalue weighted by Gasteiger charge is -2.11. The maximum atomic E-state index is 12.8. The van der Waals surface area contributed by atoms with Gasteiger partial charge in [-0.15, -0.1) is 0 Å². The fourth-order valence-electron chi connectivity index (χ4n) is 2.56. The van der Waals surface area contributed by atoms with Crippen molar-refractivity contribution < 1.29 is 30.2 Å². The van der Waals surface area contributed by atoms with Crippen molar-refractivity contribution >= 4 is 21.1 Å². The first kappa shape index (κ1) is 19.0. The van der Waals surface area contributed by atoms with Crippen molar-refractivity contribution in [1.82, 2.24) is 0 Å². The highest BCUT2D eigenvalue weighted by atomic mass is 32.2. The minimum absolute atomic E-state index is 0.121. The molecule has 27 heavy (non-hydrogen) atoms. The monoisotopic (exact) mass is 398 g/mol. The van der Waals surface area contributed by atoms with Crippen LogP contribution in [0.2, 0.25) is 0 Å². The van der Waals surface area contributed by atoms with E-state index in [9.17, 15) is 26.4 Å². The number of alkyl halides is 3. The molecule has 2 aromatic carbocycles. The molecule has 0 aliphatic rings. The van der Waals surface area contributed by atoms with Crippen molar-refractivity contribution in [2.45, 2.75) is 24.4 Å². The number of hydrogen-bond donors (Lipinski definition) is 0. The van der Waals surface area contributed by atoms with Crippen LogP contribution in [0.15, 0.2) is 62.6 Å². The second-order valence-corrected chi connectivity index (χ2v) is 7.21. The second-order valence-electron chi connectivity index (χ2n) is 5.67. The van der Waals surface area contributed by atoms with Crippen molar-refractivity contribution in [2.75, 3.05) is 0 Å². The van der Waals surface area contributed by atoms with E-state index in [1.807, 2.05) is 6.92 Å². The molecular weight excluding hydrogens is 385 g/mol. The van der Waals surface area contributed by atoms with Crippen molar-refractivity contribution in [3.05, 3.63) is 70.1 Å². The number of hydrogen-bond acceptors (Lipinski definition) is 5. The van der Waals surface area contributed by atoms with Crippen LogP contribution in [0.4, 0.5) is 13.2 Å². The largest absolute Gasteiger partial charge is 0.423 e. The van der Waals surface area contributed by atoms with E-state index in [1.165, 1.54) is 24.3 Å². The molecule has 0 N–H and O–H groups in total. The van der Waals surface area contributed by atoms with Gasteiger partial charge in [0.1, 0.15) is 16.2 Å². The third kappa shape index (κ3) is 3.97. The highest BCUT2D eigenvalue weighted by molar-refractivity contribution is 7.87.